The van der Waals surface area contributed by atoms with Crippen LogP contribution in [-0.2, 0) is 0 Å². The van der Waals surface area contributed by atoms with Gasteiger partial charge in [-0.15, -0.1) is 0 Å². The highest BCUT2D eigenvalue weighted by molar-refractivity contribution is 6.04. The highest BCUT2D eigenvalue weighted by Crippen LogP contribution is 2.50. The van der Waals surface area contributed by atoms with Crippen LogP contribution in [0.2, 0.25) is 0 Å². The molecule has 0 spiro atoms. The van der Waals surface area contributed by atoms with Gasteiger partial charge in [0.2, 0.25) is 0 Å². The Morgan fingerprint density at radius 3 is 2.56 bits per heavy atom. The van der Waals surface area contributed by atoms with Crippen molar-refractivity contribution in [2.45, 2.75) is 20.8 Å². The molecular formula is C16H22N2. The zero-order valence-electron chi connectivity index (χ0n) is 11.5. The van der Waals surface area contributed by atoms with Gasteiger partial charge in [-0.2, -0.15) is 0 Å². The molecule has 1 aromatic carbocycles. The van der Waals surface area contributed by atoms with Crippen molar-refractivity contribution in [1.29, 1.82) is 0 Å². The minimum absolute atomic E-state index is 0.716. The maximum Gasteiger partial charge on any atom is 0.0458 e. The molecule has 18 heavy (non-hydrogen) atoms. The maximum absolute atomic E-state index is 4.80. The van der Waals surface area contributed by atoms with Gasteiger partial charge in [-0.25, -0.2) is 0 Å². The highest BCUT2D eigenvalue weighted by Gasteiger charge is 2.55. The molecule has 2 heteroatoms. The first-order chi connectivity index (χ1) is 8.72. The summed E-state index contributed by atoms with van der Waals surface area (Å²) in [4.78, 5) is 4.80. The Kier molecular flexibility index (Phi) is 2.98. The summed E-state index contributed by atoms with van der Waals surface area (Å²) in [5.74, 6) is 2.40. The van der Waals surface area contributed by atoms with Crippen LogP contribution in [0.5, 0.6) is 0 Å². The fourth-order valence-corrected chi connectivity index (χ4v) is 3.28. The Balaban J connectivity index is 1.90. The lowest BCUT2D eigenvalue weighted by molar-refractivity contribution is 0.684. The fraction of sp³-hybridized carbons (Fsp3) is 0.562. The summed E-state index contributed by atoms with van der Waals surface area (Å²) < 4.78 is 0. The molecule has 0 aromatic heterocycles. The van der Waals surface area contributed by atoms with Crippen LogP contribution < -0.4 is 5.32 Å². The van der Waals surface area contributed by atoms with Gasteiger partial charge in [0.25, 0.3) is 0 Å². The lowest BCUT2D eigenvalue weighted by atomic mass is 9.99. The van der Waals surface area contributed by atoms with Crippen molar-refractivity contribution >= 4 is 5.71 Å². The van der Waals surface area contributed by atoms with Crippen LogP contribution in [0.4, 0.5) is 0 Å². The summed E-state index contributed by atoms with van der Waals surface area (Å²) in [6.07, 6.45) is 0. The van der Waals surface area contributed by atoms with E-state index in [1.807, 2.05) is 0 Å². The fourth-order valence-electron chi connectivity index (χ4n) is 3.28. The Morgan fingerprint density at radius 1 is 1.22 bits per heavy atom. The Labute approximate surface area is 110 Å². The summed E-state index contributed by atoms with van der Waals surface area (Å²) >= 11 is 0. The number of rotatable bonds is 3. The first-order valence-corrected chi connectivity index (χ1v) is 7.05. The second-order valence-corrected chi connectivity index (χ2v) is 5.67. The van der Waals surface area contributed by atoms with Crippen molar-refractivity contribution in [3.8, 4) is 0 Å². The number of nitrogens with zero attached hydrogens (tertiary/aromatic N) is 1. The molecule has 3 rings (SSSR count). The molecule has 1 heterocycles. The Hall–Kier alpha value is -1.15. The van der Waals surface area contributed by atoms with Crippen LogP contribution in [0.3, 0.4) is 0 Å². The van der Waals surface area contributed by atoms with Gasteiger partial charge in [0, 0.05) is 18.2 Å². The van der Waals surface area contributed by atoms with Gasteiger partial charge in [0.1, 0.15) is 0 Å². The molecule has 1 N–H and O–H groups in total. The number of benzene rings is 1. The minimum Gasteiger partial charge on any atom is -0.316 e. The largest absolute Gasteiger partial charge is 0.316 e. The average molecular weight is 242 g/mol. The molecule has 1 aliphatic carbocycles. The Morgan fingerprint density at radius 2 is 1.94 bits per heavy atom. The second kappa shape index (κ2) is 4.51. The van der Waals surface area contributed by atoms with E-state index < -0.39 is 0 Å². The smallest absolute Gasteiger partial charge is 0.0458 e. The van der Waals surface area contributed by atoms with Crippen molar-refractivity contribution < 1.29 is 0 Å². The monoisotopic (exact) mass is 242 g/mol. The Bertz CT molecular complexity index is 480. The van der Waals surface area contributed by atoms with E-state index in [1.165, 1.54) is 35.5 Å². The van der Waals surface area contributed by atoms with E-state index in [9.17, 15) is 0 Å². The van der Waals surface area contributed by atoms with Crippen LogP contribution in [0.1, 0.15) is 23.6 Å². The molecular weight excluding hydrogens is 220 g/mol. The number of fused-ring (bicyclic) bond motifs is 1. The molecule has 2 aliphatic rings. The van der Waals surface area contributed by atoms with E-state index >= 15 is 0 Å². The zero-order chi connectivity index (χ0) is 12.7. The molecule has 1 saturated heterocycles. The normalized spacial score (nSPS) is 30.4. The number of hydrogen-bond acceptors (Lipinski definition) is 2. The van der Waals surface area contributed by atoms with Crippen molar-refractivity contribution in [3.63, 3.8) is 0 Å². The van der Waals surface area contributed by atoms with Crippen LogP contribution in [0.25, 0.3) is 0 Å². The van der Waals surface area contributed by atoms with E-state index in [0.29, 0.717) is 5.92 Å². The molecule has 0 bridgehead atoms. The molecule has 2 atom stereocenters. The van der Waals surface area contributed by atoms with Gasteiger partial charge in [-0.05, 0) is 68.5 Å². The molecule has 2 nitrogen and oxygen atoms in total. The minimum atomic E-state index is 0.716. The summed E-state index contributed by atoms with van der Waals surface area (Å²) in [6.45, 7) is 9.76. The summed E-state index contributed by atoms with van der Waals surface area (Å²) in [5.41, 5.74) is 5.45. The molecule has 1 aromatic rings. The zero-order valence-corrected chi connectivity index (χ0v) is 11.5. The molecule has 1 saturated carbocycles. The van der Waals surface area contributed by atoms with Crippen molar-refractivity contribution in [2.24, 2.45) is 22.7 Å². The SMILES string of the molecule is CCN=C(c1ccc(C)c(C)c1)C1C2CNCC21. The molecule has 96 valence electrons. The van der Waals surface area contributed by atoms with Gasteiger partial charge < -0.3 is 5.32 Å². The molecule has 0 amide bonds. The van der Waals surface area contributed by atoms with Crippen LogP contribution >= 0.6 is 0 Å². The van der Waals surface area contributed by atoms with E-state index in [-0.39, 0.29) is 0 Å². The van der Waals surface area contributed by atoms with E-state index in [1.54, 1.807) is 0 Å². The second-order valence-electron chi connectivity index (χ2n) is 5.67. The lowest BCUT2D eigenvalue weighted by Gasteiger charge is -2.11. The van der Waals surface area contributed by atoms with E-state index in [2.05, 4.69) is 44.3 Å². The van der Waals surface area contributed by atoms with Gasteiger partial charge >= 0.3 is 0 Å². The van der Waals surface area contributed by atoms with Gasteiger partial charge in [-0.3, -0.25) is 4.99 Å². The number of aliphatic imine (C=N–C) groups is 1. The van der Waals surface area contributed by atoms with Crippen molar-refractivity contribution in [1.82, 2.24) is 5.32 Å². The van der Waals surface area contributed by atoms with Crippen LogP contribution in [-0.4, -0.2) is 25.3 Å². The van der Waals surface area contributed by atoms with Crippen molar-refractivity contribution in [3.05, 3.63) is 34.9 Å². The molecule has 1 aliphatic heterocycles. The van der Waals surface area contributed by atoms with Gasteiger partial charge in [0.15, 0.2) is 0 Å². The van der Waals surface area contributed by atoms with Gasteiger partial charge in [0.05, 0.1) is 0 Å². The predicted octanol–water partition coefficient (Wildman–Crippen LogP) is 2.58. The predicted molar refractivity (Wildman–Crippen MR) is 76.3 cm³/mol. The average Bonchev–Trinajstić information content (AvgIpc) is 2.82. The standard InChI is InChI=1S/C16H22N2/c1-4-18-16(15-13-8-17-9-14(13)15)12-6-5-10(2)11(3)7-12/h5-7,13-15,17H,4,8-9H2,1-3H3. The highest BCUT2D eigenvalue weighted by atomic mass is 15.0. The lowest BCUT2D eigenvalue weighted by Crippen LogP contribution is -2.20. The van der Waals surface area contributed by atoms with Crippen LogP contribution in [0, 0.1) is 31.6 Å². The first kappa shape index (κ1) is 11.9. The van der Waals surface area contributed by atoms with Crippen LogP contribution in [0.15, 0.2) is 23.2 Å². The summed E-state index contributed by atoms with van der Waals surface area (Å²) in [7, 11) is 0. The van der Waals surface area contributed by atoms with Gasteiger partial charge in [-0.1, -0.05) is 12.1 Å². The third kappa shape index (κ3) is 1.89. The third-order valence-corrected chi connectivity index (χ3v) is 4.54. The molecule has 0 radical (unpaired) electrons. The quantitative estimate of drug-likeness (QED) is 0.809. The number of nitrogens with one attached hydrogen (secondary N) is 1. The summed E-state index contributed by atoms with van der Waals surface area (Å²) in [6, 6.07) is 6.79. The van der Waals surface area contributed by atoms with Crippen molar-refractivity contribution in [2.75, 3.05) is 19.6 Å². The molecule has 2 unspecified atom stereocenters. The number of hydrogen-bond donors (Lipinski definition) is 1. The van der Waals surface area contributed by atoms with E-state index in [0.717, 1.165) is 18.4 Å². The maximum atomic E-state index is 4.80. The summed E-state index contributed by atoms with van der Waals surface area (Å²) in [5, 5.41) is 3.47. The topological polar surface area (TPSA) is 24.4 Å². The third-order valence-electron chi connectivity index (χ3n) is 4.54. The number of aryl methyl sites for hydroxylation is 2. The molecule has 2 fully saturated rings. The van der Waals surface area contributed by atoms with E-state index in [4.69, 9.17) is 4.99 Å². The number of piperidine rings is 1. The first-order valence-electron chi connectivity index (χ1n) is 7.05.